The van der Waals surface area contributed by atoms with Gasteiger partial charge in [0, 0.05) is 12.1 Å². The highest BCUT2D eigenvalue weighted by Crippen LogP contribution is 2.24. The molecule has 1 aliphatic heterocycles. The first-order chi connectivity index (χ1) is 11.2. The lowest BCUT2D eigenvalue weighted by Gasteiger charge is -2.34. The minimum atomic E-state index is -4.17. The van der Waals surface area contributed by atoms with Crippen LogP contribution in [0, 0.1) is 0 Å². The Balaban J connectivity index is 1.84. The van der Waals surface area contributed by atoms with E-state index in [4.69, 9.17) is 0 Å². The summed E-state index contributed by atoms with van der Waals surface area (Å²) in [6.07, 6.45) is -2.93. The molecule has 1 N–H and O–H groups in total. The zero-order valence-electron chi connectivity index (χ0n) is 13.3. The number of alkyl halides is 5. The Labute approximate surface area is 137 Å². The van der Waals surface area contributed by atoms with Crippen LogP contribution in [0.25, 0.3) is 0 Å². The van der Waals surface area contributed by atoms with E-state index in [1.54, 1.807) is 18.2 Å². The third kappa shape index (κ3) is 6.24. The van der Waals surface area contributed by atoms with Crippen molar-refractivity contribution in [3.05, 3.63) is 29.8 Å². The molecule has 3 nitrogen and oxygen atoms in total. The quantitative estimate of drug-likeness (QED) is 0.784. The maximum Gasteiger partial charge on any atom is 0.401 e. The molecule has 2 rings (SSSR count). The molecule has 1 fully saturated rings. The molecular formula is C16H21F5N2O. The van der Waals surface area contributed by atoms with Crippen molar-refractivity contribution in [1.82, 2.24) is 10.2 Å². The normalized spacial score (nSPS) is 18.8. The van der Waals surface area contributed by atoms with Gasteiger partial charge in [0.05, 0.1) is 6.54 Å². The minimum Gasteiger partial charge on any atom is -0.435 e. The van der Waals surface area contributed by atoms with Gasteiger partial charge in [0.25, 0.3) is 0 Å². The summed E-state index contributed by atoms with van der Waals surface area (Å²) in [5.74, 6) is 0.0937. The number of hydrogen-bond acceptors (Lipinski definition) is 3. The predicted octanol–water partition coefficient (Wildman–Crippen LogP) is 3.97. The van der Waals surface area contributed by atoms with Crippen LogP contribution in [0.4, 0.5) is 22.0 Å². The van der Waals surface area contributed by atoms with Gasteiger partial charge < -0.3 is 10.1 Å². The summed E-state index contributed by atoms with van der Waals surface area (Å²) < 4.78 is 66.0. The molecule has 1 unspecified atom stereocenters. The van der Waals surface area contributed by atoms with Gasteiger partial charge in [0.1, 0.15) is 5.75 Å². The Bertz CT molecular complexity index is 515. The zero-order chi connectivity index (χ0) is 17.7. The van der Waals surface area contributed by atoms with Gasteiger partial charge >= 0.3 is 12.8 Å². The monoisotopic (exact) mass is 352 g/mol. The van der Waals surface area contributed by atoms with Gasteiger partial charge in [-0.15, -0.1) is 0 Å². The highest BCUT2D eigenvalue weighted by molar-refractivity contribution is 5.30. The summed E-state index contributed by atoms with van der Waals surface area (Å²) in [6, 6.07) is 6.43. The van der Waals surface area contributed by atoms with E-state index in [0.717, 1.165) is 5.56 Å². The van der Waals surface area contributed by atoms with Gasteiger partial charge in [-0.25, -0.2) is 0 Å². The van der Waals surface area contributed by atoms with Gasteiger partial charge in [-0.2, -0.15) is 22.0 Å². The molecule has 1 aliphatic rings. The lowest BCUT2D eigenvalue weighted by Crippen LogP contribution is -2.46. The fourth-order valence-corrected chi connectivity index (χ4v) is 2.92. The van der Waals surface area contributed by atoms with Crippen LogP contribution in [0.3, 0.4) is 0 Å². The lowest BCUT2D eigenvalue weighted by molar-refractivity contribution is -0.148. The van der Waals surface area contributed by atoms with E-state index in [9.17, 15) is 22.0 Å². The molecule has 0 spiro atoms. The highest BCUT2D eigenvalue weighted by Gasteiger charge is 2.32. The summed E-state index contributed by atoms with van der Waals surface area (Å²) in [5, 5.41) is 3.35. The van der Waals surface area contributed by atoms with Crippen LogP contribution < -0.4 is 10.1 Å². The van der Waals surface area contributed by atoms with E-state index in [1.807, 2.05) is 6.92 Å². The number of ether oxygens (including phenoxy) is 1. The van der Waals surface area contributed by atoms with E-state index in [-0.39, 0.29) is 17.8 Å². The van der Waals surface area contributed by atoms with Crippen LogP contribution in [-0.4, -0.2) is 43.4 Å². The maximum absolute atomic E-state index is 12.4. The minimum absolute atomic E-state index is 0.0937. The standard InChI is InChI=1S/C16H21F5N2O/c1-11(12-3-2-4-14(9-12)24-15(17)18)22-13-5-7-23(8-6-13)10-16(19,20)21/h2-4,9,11,13,15,22H,5-8,10H2,1H3. The van der Waals surface area contributed by atoms with Gasteiger partial charge in [0.2, 0.25) is 0 Å². The SMILES string of the molecule is CC(NC1CCN(CC(F)(F)F)CC1)c1cccc(OC(F)F)c1. The molecule has 24 heavy (non-hydrogen) atoms. The van der Waals surface area contributed by atoms with E-state index in [1.165, 1.54) is 11.0 Å². The van der Waals surface area contributed by atoms with Crippen molar-refractivity contribution in [1.29, 1.82) is 0 Å². The van der Waals surface area contributed by atoms with Gasteiger partial charge in [-0.3, -0.25) is 4.90 Å². The largest absolute Gasteiger partial charge is 0.435 e. The van der Waals surface area contributed by atoms with Crippen molar-refractivity contribution in [2.75, 3.05) is 19.6 Å². The second kappa shape index (κ2) is 8.11. The van der Waals surface area contributed by atoms with Crippen molar-refractivity contribution in [3.8, 4) is 5.75 Å². The average molecular weight is 352 g/mol. The third-order valence-corrected chi connectivity index (χ3v) is 4.06. The third-order valence-electron chi connectivity index (χ3n) is 4.06. The Morgan fingerprint density at radius 1 is 1.25 bits per heavy atom. The summed E-state index contributed by atoms with van der Waals surface area (Å²) in [4.78, 5) is 1.40. The van der Waals surface area contributed by atoms with E-state index < -0.39 is 19.3 Å². The van der Waals surface area contributed by atoms with Gasteiger partial charge in [0.15, 0.2) is 0 Å². The Morgan fingerprint density at radius 3 is 2.50 bits per heavy atom. The van der Waals surface area contributed by atoms with Crippen molar-refractivity contribution in [2.45, 2.75) is 44.6 Å². The molecule has 0 aliphatic carbocycles. The molecule has 1 atom stereocenters. The van der Waals surface area contributed by atoms with E-state index in [0.29, 0.717) is 25.9 Å². The second-order valence-electron chi connectivity index (χ2n) is 6.00. The number of nitrogens with zero attached hydrogens (tertiary/aromatic N) is 1. The first-order valence-electron chi connectivity index (χ1n) is 7.83. The van der Waals surface area contributed by atoms with E-state index >= 15 is 0 Å². The average Bonchev–Trinajstić information content (AvgIpc) is 2.47. The molecule has 0 radical (unpaired) electrons. The molecule has 0 saturated carbocycles. The molecule has 1 heterocycles. The molecule has 0 amide bonds. The summed E-state index contributed by atoms with van der Waals surface area (Å²) >= 11 is 0. The topological polar surface area (TPSA) is 24.5 Å². The van der Waals surface area contributed by atoms with Crippen LogP contribution in [0.5, 0.6) is 5.75 Å². The number of rotatable bonds is 6. The molecule has 0 bridgehead atoms. The van der Waals surface area contributed by atoms with Crippen LogP contribution in [0.1, 0.15) is 31.4 Å². The predicted molar refractivity (Wildman–Crippen MR) is 80.1 cm³/mol. The van der Waals surface area contributed by atoms with Crippen LogP contribution in [0.2, 0.25) is 0 Å². The fourth-order valence-electron chi connectivity index (χ4n) is 2.92. The number of nitrogens with one attached hydrogen (secondary N) is 1. The summed E-state index contributed by atoms with van der Waals surface area (Å²) in [7, 11) is 0. The van der Waals surface area contributed by atoms with Crippen LogP contribution in [0.15, 0.2) is 24.3 Å². The molecule has 1 aromatic carbocycles. The molecule has 8 heteroatoms. The van der Waals surface area contributed by atoms with Crippen LogP contribution >= 0.6 is 0 Å². The number of likely N-dealkylation sites (tertiary alicyclic amines) is 1. The summed E-state index contributed by atoms with van der Waals surface area (Å²) in [6.45, 7) is -1.08. The Morgan fingerprint density at radius 2 is 1.92 bits per heavy atom. The molecule has 0 aromatic heterocycles. The highest BCUT2D eigenvalue weighted by atomic mass is 19.4. The fraction of sp³-hybridized carbons (Fsp3) is 0.625. The molecule has 136 valence electrons. The number of hydrogen-bond donors (Lipinski definition) is 1. The maximum atomic E-state index is 12.4. The number of benzene rings is 1. The number of piperidine rings is 1. The van der Waals surface area contributed by atoms with Crippen molar-refractivity contribution in [2.24, 2.45) is 0 Å². The zero-order valence-corrected chi connectivity index (χ0v) is 13.3. The second-order valence-corrected chi connectivity index (χ2v) is 6.00. The van der Waals surface area contributed by atoms with Crippen LogP contribution in [-0.2, 0) is 0 Å². The van der Waals surface area contributed by atoms with Gasteiger partial charge in [-0.05, 0) is 50.6 Å². The molecule has 1 saturated heterocycles. The Hall–Kier alpha value is -1.41. The molecule has 1 aromatic rings. The molecular weight excluding hydrogens is 331 g/mol. The first kappa shape index (κ1) is 18.9. The lowest BCUT2D eigenvalue weighted by atomic mass is 10.0. The first-order valence-corrected chi connectivity index (χ1v) is 7.83. The van der Waals surface area contributed by atoms with Crippen molar-refractivity contribution in [3.63, 3.8) is 0 Å². The summed E-state index contributed by atoms with van der Waals surface area (Å²) in [5.41, 5.74) is 0.797. The van der Waals surface area contributed by atoms with Crippen molar-refractivity contribution < 1.29 is 26.7 Å². The Kier molecular flexibility index (Phi) is 6.40. The van der Waals surface area contributed by atoms with Gasteiger partial charge in [-0.1, -0.05) is 12.1 Å². The van der Waals surface area contributed by atoms with E-state index in [2.05, 4.69) is 10.1 Å². The number of halogens is 5. The van der Waals surface area contributed by atoms with Crippen molar-refractivity contribution >= 4 is 0 Å². The smallest absolute Gasteiger partial charge is 0.401 e.